The number of anilines is 1. The molecular formula is C20H14Cl2F2N6O2. The molecule has 0 bridgehead atoms. The zero-order valence-electron chi connectivity index (χ0n) is 16.2. The van der Waals surface area contributed by atoms with E-state index in [4.69, 9.17) is 27.9 Å². The smallest absolute Gasteiger partial charge is 0.278 e. The van der Waals surface area contributed by atoms with E-state index in [1.54, 1.807) is 18.2 Å². The molecule has 0 spiro atoms. The van der Waals surface area contributed by atoms with Gasteiger partial charge in [0, 0.05) is 12.3 Å². The summed E-state index contributed by atoms with van der Waals surface area (Å²) in [4.78, 5) is 16.4. The van der Waals surface area contributed by atoms with Crippen LogP contribution in [0.1, 0.15) is 16.1 Å². The summed E-state index contributed by atoms with van der Waals surface area (Å²) < 4.78 is 34.6. The molecule has 0 saturated heterocycles. The van der Waals surface area contributed by atoms with Crippen LogP contribution in [-0.2, 0) is 13.3 Å². The van der Waals surface area contributed by atoms with E-state index in [1.807, 2.05) is 0 Å². The monoisotopic (exact) mass is 478 g/mol. The molecule has 0 atom stereocenters. The van der Waals surface area contributed by atoms with Gasteiger partial charge in [-0.15, -0.1) is 5.10 Å². The minimum Gasteiger partial charge on any atom is -0.468 e. The van der Waals surface area contributed by atoms with Gasteiger partial charge in [0.1, 0.15) is 12.1 Å². The van der Waals surface area contributed by atoms with Crippen molar-refractivity contribution in [3.05, 3.63) is 87.9 Å². The first-order valence-electron chi connectivity index (χ1n) is 9.13. The second kappa shape index (κ2) is 9.33. The highest BCUT2D eigenvalue weighted by Gasteiger charge is 2.13. The third-order valence-electron chi connectivity index (χ3n) is 4.21. The predicted octanol–water partition coefficient (Wildman–Crippen LogP) is 4.40. The van der Waals surface area contributed by atoms with Gasteiger partial charge in [0.05, 0.1) is 16.6 Å². The summed E-state index contributed by atoms with van der Waals surface area (Å²) in [6.07, 6.45) is 2.94. The van der Waals surface area contributed by atoms with Gasteiger partial charge in [0.2, 0.25) is 5.95 Å². The molecule has 8 nitrogen and oxygen atoms in total. The molecule has 0 saturated carbocycles. The van der Waals surface area contributed by atoms with Crippen molar-refractivity contribution in [2.24, 2.45) is 0 Å². The van der Waals surface area contributed by atoms with Crippen LogP contribution in [0.4, 0.5) is 14.7 Å². The molecule has 2 heterocycles. The zero-order valence-corrected chi connectivity index (χ0v) is 17.7. The van der Waals surface area contributed by atoms with Crippen molar-refractivity contribution in [1.82, 2.24) is 24.5 Å². The van der Waals surface area contributed by atoms with Gasteiger partial charge in [-0.25, -0.2) is 23.1 Å². The van der Waals surface area contributed by atoms with Crippen molar-refractivity contribution < 1.29 is 18.3 Å². The lowest BCUT2D eigenvalue weighted by atomic mass is 10.2. The number of carbonyl (C=O) groups excluding carboxylic acids is 1. The summed E-state index contributed by atoms with van der Waals surface area (Å²) in [5.41, 5.74) is 0.938. The quantitative estimate of drug-likeness (QED) is 0.425. The van der Waals surface area contributed by atoms with Crippen molar-refractivity contribution in [2.75, 3.05) is 5.32 Å². The average molecular weight is 479 g/mol. The Bertz CT molecular complexity index is 1280. The van der Waals surface area contributed by atoms with E-state index in [-0.39, 0.29) is 24.1 Å². The number of hydrogen-bond acceptors (Lipinski definition) is 5. The molecule has 12 heteroatoms. The SMILES string of the molecule is O=C(Nc1ncn(Cc2ccc(Cl)c(Cl)c2)n1)c1ccn(COc2ccc(F)cc2F)n1. The number of carbonyl (C=O) groups is 1. The Hall–Kier alpha value is -3.50. The van der Waals surface area contributed by atoms with Crippen molar-refractivity contribution in [2.45, 2.75) is 13.3 Å². The lowest BCUT2D eigenvalue weighted by Crippen LogP contribution is -2.15. The molecule has 0 fully saturated rings. The summed E-state index contributed by atoms with van der Waals surface area (Å²) >= 11 is 11.9. The Morgan fingerprint density at radius 3 is 2.66 bits per heavy atom. The third kappa shape index (κ3) is 5.21. The van der Waals surface area contributed by atoms with Crippen LogP contribution in [0.25, 0.3) is 0 Å². The van der Waals surface area contributed by atoms with Crippen LogP contribution in [-0.4, -0.2) is 30.5 Å². The number of nitrogens with zero attached hydrogens (tertiary/aromatic N) is 5. The van der Waals surface area contributed by atoms with E-state index < -0.39 is 17.5 Å². The summed E-state index contributed by atoms with van der Waals surface area (Å²) in [6, 6.07) is 9.62. The standard InChI is InChI=1S/C20H14Cl2F2N6O2/c21-14-3-1-12(7-15(14)22)9-30-10-25-20(28-30)26-19(31)17-5-6-29(27-17)11-32-18-4-2-13(23)8-16(18)24/h1-8,10H,9,11H2,(H,26,28,31). The van der Waals surface area contributed by atoms with Crippen LogP contribution in [0.2, 0.25) is 10.0 Å². The molecule has 164 valence electrons. The molecule has 0 aliphatic heterocycles. The molecule has 1 N–H and O–H groups in total. The zero-order chi connectivity index (χ0) is 22.7. The Labute approximate surface area is 190 Å². The number of halogens is 4. The molecule has 4 rings (SSSR count). The highest BCUT2D eigenvalue weighted by molar-refractivity contribution is 6.42. The summed E-state index contributed by atoms with van der Waals surface area (Å²) in [7, 11) is 0. The Morgan fingerprint density at radius 1 is 1.03 bits per heavy atom. The maximum absolute atomic E-state index is 13.6. The molecular weight excluding hydrogens is 465 g/mol. The van der Waals surface area contributed by atoms with Crippen LogP contribution < -0.4 is 10.1 Å². The first-order chi connectivity index (χ1) is 15.4. The molecule has 4 aromatic rings. The van der Waals surface area contributed by atoms with Gasteiger partial charge in [-0.1, -0.05) is 29.3 Å². The van der Waals surface area contributed by atoms with Crippen LogP contribution in [0.3, 0.4) is 0 Å². The van der Waals surface area contributed by atoms with Crippen molar-refractivity contribution in [1.29, 1.82) is 0 Å². The van der Waals surface area contributed by atoms with E-state index in [2.05, 4.69) is 20.5 Å². The summed E-state index contributed by atoms with van der Waals surface area (Å²) in [6.45, 7) is 0.206. The normalized spacial score (nSPS) is 10.9. The van der Waals surface area contributed by atoms with Crippen LogP contribution in [0.15, 0.2) is 55.0 Å². The highest BCUT2D eigenvalue weighted by atomic mass is 35.5. The highest BCUT2D eigenvalue weighted by Crippen LogP contribution is 2.23. The van der Waals surface area contributed by atoms with Crippen LogP contribution in [0, 0.1) is 11.6 Å². The van der Waals surface area contributed by atoms with Gasteiger partial charge in [-0.3, -0.25) is 10.1 Å². The second-order valence-electron chi connectivity index (χ2n) is 6.56. The Morgan fingerprint density at radius 2 is 1.88 bits per heavy atom. The fraction of sp³-hybridized carbons (Fsp3) is 0.100. The number of benzene rings is 2. The number of nitrogens with one attached hydrogen (secondary N) is 1. The Kier molecular flexibility index (Phi) is 6.33. The van der Waals surface area contributed by atoms with Crippen molar-refractivity contribution >= 4 is 35.1 Å². The first-order valence-corrected chi connectivity index (χ1v) is 9.89. The molecule has 32 heavy (non-hydrogen) atoms. The van der Waals surface area contributed by atoms with E-state index >= 15 is 0 Å². The van der Waals surface area contributed by atoms with Crippen molar-refractivity contribution in [3.8, 4) is 5.75 Å². The molecule has 0 aliphatic rings. The topological polar surface area (TPSA) is 86.9 Å². The molecule has 1 amide bonds. The molecule has 2 aromatic heterocycles. The number of hydrogen-bond donors (Lipinski definition) is 1. The van der Waals surface area contributed by atoms with E-state index in [9.17, 15) is 13.6 Å². The maximum Gasteiger partial charge on any atom is 0.278 e. The Balaban J connectivity index is 1.34. The maximum atomic E-state index is 13.6. The van der Waals surface area contributed by atoms with Gasteiger partial charge in [-0.05, 0) is 35.9 Å². The fourth-order valence-corrected chi connectivity index (χ4v) is 3.02. The minimum absolute atomic E-state index is 0.0778. The van der Waals surface area contributed by atoms with Gasteiger partial charge in [0.15, 0.2) is 24.0 Å². The minimum atomic E-state index is -0.836. The molecule has 0 radical (unpaired) electrons. The van der Waals surface area contributed by atoms with E-state index in [0.717, 1.165) is 11.6 Å². The molecule has 0 unspecified atom stereocenters. The van der Waals surface area contributed by atoms with E-state index in [1.165, 1.54) is 34.0 Å². The van der Waals surface area contributed by atoms with E-state index in [0.29, 0.717) is 22.7 Å². The van der Waals surface area contributed by atoms with Gasteiger partial charge in [0.25, 0.3) is 5.91 Å². The number of rotatable bonds is 7. The third-order valence-corrected chi connectivity index (χ3v) is 4.95. The molecule has 0 aliphatic carbocycles. The van der Waals surface area contributed by atoms with Gasteiger partial charge >= 0.3 is 0 Å². The predicted molar refractivity (Wildman–Crippen MR) is 113 cm³/mol. The summed E-state index contributed by atoms with van der Waals surface area (Å²) in [5, 5.41) is 11.7. The fourth-order valence-electron chi connectivity index (χ4n) is 2.70. The second-order valence-corrected chi connectivity index (χ2v) is 7.37. The molecule has 2 aromatic carbocycles. The lowest BCUT2D eigenvalue weighted by Gasteiger charge is -2.07. The largest absolute Gasteiger partial charge is 0.468 e. The number of amides is 1. The number of aromatic nitrogens is 5. The summed E-state index contributed by atoms with van der Waals surface area (Å²) in [5.74, 6) is -2.12. The van der Waals surface area contributed by atoms with Gasteiger partial charge in [-0.2, -0.15) is 5.10 Å². The lowest BCUT2D eigenvalue weighted by molar-refractivity contribution is 0.101. The van der Waals surface area contributed by atoms with Crippen molar-refractivity contribution in [3.63, 3.8) is 0 Å². The van der Waals surface area contributed by atoms with Crippen LogP contribution in [0.5, 0.6) is 5.75 Å². The van der Waals surface area contributed by atoms with Crippen LogP contribution >= 0.6 is 23.2 Å². The first kappa shape index (κ1) is 21.7. The number of ether oxygens (including phenoxy) is 1. The average Bonchev–Trinajstić information content (AvgIpc) is 3.40. The van der Waals surface area contributed by atoms with Gasteiger partial charge < -0.3 is 4.74 Å².